The second kappa shape index (κ2) is 6.77. The fourth-order valence-corrected chi connectivity index (χ4v) is 3.82. The maximum absolute atomic E-state index is 12.3. The number of nitrogens with zero attached hydrogens (tertiary/aromatic N) is 2. The number of hydrogen-bond donors (Lipinski definition) is 1. The third kappa shape index (κ3) is 3.36. The van der Waals surface area contributed by atoms with Crippen LogP contribution in [-0.2, 0) is 0 Å². The Labute approximate surface area is 146 Å². The van der Waals surface area contributed by atoms with Crippen molar-refractivity contribution in [3.8, 4) is 5.13 Å². The minimum Gasteiger partial charge on any atom is -0.352 e. The van der Waals surface area contributed by atoms with Crippen LogP contribution in [0.1, 0.15) is 42.0 Å². The zero-order chi connectivity index (χ0) is 17.3. The van der Waals surface area contributed by atoms with Gasteiger partial charge in [0.15, 0.2) is 5.13 Å². The van der Waals surface area contributed by atoms with E-state index in [1.54, 1.807) is 11.3 Å². The molecule has 2 heterocycles. The molecule has 0 radical (unpaired) electrons. The minimum atomic E-state index is -0.0131. The molecule has 0 atom stereocenters. The summed E-state index contributed by atoms with van der Waals surface area (Å²) in [5.74, 6) is 0.575. The molecule has 3 aromatic rings. The number of aromatic nitrogens is 2. The molecule has 0 aliphatic heterocycles. The first-order chi connectivity index (χ1) is 11.5. The summed E-state index contributed by atoms with van der Waals surface area (Å²) in [6, 6.07) is 9.91. The average molecular weight is 341 g/mol. The highest BCUT2D eigenvalue weighted by molar-refractivity contribution is 7.20. The minimum absolute atomic E-state index is 0.0131. The number of hydrogen-bond acceptors (Lipinski definition) is 3. The van der Waals surface area contributed by atoms with Crippen LogP contribution in [0.5, 0.6) is 0 Å². The van der Waals surface area contributed by atoms with Gasteiger partial charge in [0.05, 0.1) is 10.2 Å². The molecule has 0 saturated carbocycles. The van der Waals surface area contributed by atoms with Gasteiger partial charge in [0.25, 0.3) is 5.91 Å². The lowest BCUT2D eigenvalue weighted by atomic mass is 10.1. The van der Waals surface area contributed by atoms with Crippen LogP contribution in [0.2, 0.25) is 0 Å². The van der Waals surface area contributed by atoms with Crippen molar-refractivity contribution in [1.29, 1.82) is 0 Å². The fraction of sp³-hybridized carbons (Fsp3) is 0.368. The SMILES string of the molecule is Cc1ccc(C)n1-c1nc2ccc(C(=O)NCCC(C)C)cc2s1. The Morgan fingerprint density at radius 1 is 1.21 bits per heavy atom. The fourth-order valence-electron chi connectivity index (χ4n) is 2.70. The molecule has 0 aliphatic rings. The van der Waals surface area contributed by atoms with Crippen LogP contribution in [0.4, 0.5) is 0 Å². The monoisotopic (exact) mass is 341 g/mol. The number of rotatable bonds is 5. The molecular formula is C19H23N3OS. The molecule has 126 valence electrons. The molecule has 0 aliphatic carbocycles. The maximum atomic E-state index is 12.3. The van der Waals surface area contributed by atoms with E-state index >= 15 is 0 Å². The van der Waals surface area contributed by atoms with Crippen LogP contribution in [0.15, 0.2) is 30.3 Å². The Kier molecular flexibility index (Phi) is 4.71. The van der Waals surface area contributed by atoms with Gasteiger partial charge in [0.2, 0.25) is 0 Å². The van der Waals surface area contributed by atoms with E-state index in [2.05, 4.69) is 49.7 Å². The Morgan fingerprint density at radius 3 is 2.58 bits per heavy atom. The number of aryl methyl sites for hydroxylation is 2. The maximum Gasteiger partial charge on any atom is 0.251 e. The van der Waals surface area contributed by atoms with Gasteiger partial charge in [0.1, 0.15) is 0 Å². The van der Waals surface area contributed by atoms with Gasteiger partial charge < -0.3 is 5.32 Å². The first-order valence-electron chi connectivity index (χ1n) is 8.30. The second-order valence-electron chi connectivity index (χ2n) is 6.57. The summed E-state index contributed by atoms with van der Waals surface area (Å²) in [5.41, 5.74) is 3.96. The molecule has 5 heteroatoms. The van der Waals surface area contributed by atoms with Crippen molar-refractivity contribution in [3.63, 3.8) is 0 Å². The standard InChI is InChI=1S/C19H23N3OS/c1-12(2)9-10-20-18(23)15-7-8-16-17(11-15)24-19(21-16)22-13(3)5-6-14(22)4/h5-8,11-12H,9-10H2,1-4H3,(H,20,23). The zero-order valence-electron chi connectivity index (χ0n) is 14.6. The summed E-state index contributed by atoms with van der Waals surface area (Å²) >= 11 is 1.62. The van der Waals surface area contributed by atoms with Crippen LogP contribution in [0.3, 0.4) is 0 Å². The molecule has 4 nitrogen and oxygen atoms in total. The van der Waals surface area contributed by atoms with Crippen molar-refractivity contribution < 1.29 is 4.79 Å². The van der Waals surface area contributed by atoms with Crippen LogP contribution in [-0.4, -0.2) is 22.0 Å². The molecule has 0 spiro atoms. The van der Waals surface area contributed by atoms with E-state index in [0.717, 1.165) is 21.8 Å². The number of benzene rings is 1. The van der Waals surface area contributed by atoms with Gasteiger partial charge in [-0.05, 0) is 56.5 Å². The predicted molar refractivity (Wildman–Crippen MR) is 100 cm³/mol. The van der Waals surface area contributed by atoms with Gasteiger partial charge in [-0.3, -0.25) is 9.36 Å². The summed E-state index contributed by atoms with van der Waals surface area (Å²) in [6.07, 6.45) is 0.991. The van der Waals surface area contributed by atoms with E-state index < -0.39 is 0 Å². The quantitative estimate of drug-likeness (QED) is 0.744. The lowest BCUT2D eigenvalue weighted by Gasteiger charge is -2.07. The highest BCUT2D eigenvalue weighted by atomic mass is 32.1. The van der Waals surface area contributed by atoms with E-state index in [0.29, 0.717) is 18.0 Å². The normalized spacial score (nSPS) is 11.4. The van der Waals surface area contributed by atoms with Crippen LogP contribution < -0.4 is 5.32 Å². The molecule has 24 heavy (non-hydrogen) atoms. The molecule has 0 bridgehead atoms. The van der Waals surface area contributed by atoms with E-state index in [1.807, 2.05) is 18.2 Å². The number of nitrogens with one attached hydrogen (secondary N) is 1. The second-order valence-corrected chi connectivity index (χ2v) is 7.58. The molecule has 2 aromatic heterocycles. The molecule has 3 rings (SSSR count). The molecular weight excluding hydrogens is 318 g/mol. The van der Waals surface area contributed by atoms with E-state index in [9.17, 15) is 4.79 Å². The van der Waals surface area contributed by atoms with Crippen LogP contribution in [0, 0.1) is 19.8 Å². The van der Waals surface area contributed by atoms with Crippen molar-refractivity contribution in [2.24, 2.45) is 5.92 Å². The Balaban J connectivity index is 1.85. The van der Waals surface area contributed by atoms with E-state index in [4.69, 9.17) is 4.98 Å². The van der Waals surface area contributed by atoms with Crippen molar-refractivity contribution in [3.05, 3.63) is 47.3 Å². The zero-order valence-corrected chi connectivity index (χ0v) is 15.4. The lowest BCUT2D eigenvalue weighted by Crippen LogP contribution is -2.25. The number of amides is 1. The smallest absolute Gasteiger partial charge is 0.251 e. The molecule has 0 fully saturated rings. The largest absolute Gasteiger partial charge is 0.352 e. The average Bonchev–Trinajstić information content (AvgIpc) is 3.08. The molecule has 1 N–H and O–H groups in total. The van der Waals surface area contributed by atoms with Gasteiger partial charge in [-0.25, -0.2) is 4.98 Å². The summed E-state index contributed by atoms with van der Waals surface area (Å²) in [7, 11) is 0. The molecule has 1 aromatic carbocycles. The highest BCUT2D eigenvalue weighted by Crippen LogP contribution is 2.28. The van der Waals surface area contributed by atoms with Crippen molar-refractivity contribution in [1.82, 2.24) is 14.9 Å². The number of carbonyl (C=O) groups is 1. The Hall–Kier alpha value is -2.14. The molecule has 1 amide bonds. The third-order valence-corrected chi connectivity index (χ3v) is 5.11. The number of carbonyl (C=O) groups excluding carboxylic acids is 1. The number of thiazole rings is 1. The first-order valence-corrected chi connectivity index (χ1v) is 9.11. The summed E-state index contributed by atoms with van der Waals surface area (Å²) in [5, 5.41) is 3.93. The van der Waals surface area contributed by atoms with Crippen molar-refractivity contribution >= 4 is 27.5 Å². The summed E-state index contributed by atoms with van der Waals surface area (Å²) < 4.78 is 3.18. The third-order valence-electron chi connectivity index (χ3n) is 4.11. The Morgan fingerprint density at radius 2 is 1.92 bits per heavy atom. The molecule has 0 unspecified atom stereocenters. The Bertz CT molecular complexity index is 856. The van der Waals surface area contributed by atoms with Crippen molar-refractivity contribution in [2.45, 2.75) is 34.1 Å². The van der Waals surface area contributed by atoms with Crippen molar-refractivity contribution in [2.75, 3.05) is 6.54 Å². The van der Waals surface area contributed by atoms with E-state index in [1.165, 1.54) is 11.4 Å². The van der Waals surface area contributed by atoms with Crippen LogP contribution >= 0.6 is 11.3 Å². The van der Waals surface area contributed by atoms with Gasteiger partial charge in [0, 0.05) is 23.5 Å². The van der Waals surface area contributed by atoms with Gasteiger partial charge in [-0.15, -0.1) is 0 Å². The van der Waals surface area contributed by atoms with Crippen LogP contribution in [0.25, 0.3) is 15.3 Å². The lowest BCUT2D eigenvalue weighted by molar-refractivity contribution is 0.0952. The molecule has 0 saturated heterocycles. The van der Waals surface area contributed by atoms with Gasteiger partial charge >= 0.3 is 0 Å². The first kappa shape index (κ1) is 16.7. The van der Waals surface area contributed by atoms with Gasteiger partial charge in [-0.1, -0.05) is 25.2 Å². The summed E-state index contributed by atoms with van der Waals surface area (Å²) in [4.78, 5) is 17.0. The topological polar surface area (TPSA) is 46.9 Å². The number of fused-ring (bicyclic) bond motifs is 1. The van der Waals surface area contributed by atoms with E-state index in [-0.39, 0.29) is 5.91 Å². The summed E-state index contributed by atoms with van der Waals surface area (Å²) in [6.45, 7) is 9.17. The highest BCUT2D eigenvalue weighted by Gasteiger charge is 2.12. The van der Waals surface area contributed by atoms with Gasteiger partial charge in [-0.2, -0.15) is 0 Å². The predicted octanol–water partition coefficient (Wildman–Crippen LogP) is 4.48.